The predicted molar refractivity (Wildman–Crippen MR) is 386 cm³/mol. The second kappa shape index (κ2) is 65.4. The zero-order chi connectivity index (χ0) is 70.3. The molecule has 0 aliphatic rings. The van der Waals surface area contributed by atoms with Crippen molar-refractivity contribution < 1.29 is 80.2 Å². The van der Waals surface area contributed by atoms with Crippen LogP contribution in [-0.4, -0.2) is 96.7 Å². The van der Waals surface area contributed by atoms with Crippen molar-refractivity contribution in [3.05, 3.63) is 0 Å². The minimum Gasteiger partial charge on any atom is -0.462 e. The smallest absolute Gasteiger partial charge is 0.462 e. The van der Waals surface area contributed by atoms with E-state index < -0.39 is 97.5 Å². The van der Waals surface area contributed by atoms with Gasteiger partial charge in [-0.3, -0.25) is 37.3 Å². The molecule has 17 nitrogen and oxygen atoms in total. The summed E-state index contributed by atoms with van der Waals surface area (Å²) in [6.45, 7) is 14.2. The lowest BCUT2D eigenvalue weighted by Gasteiger charge is -2.21. The van der Waals surface area contributed by atoms with Gasteiger partial charge in [0.15, 0.2) is 12.2 Å². The molecule has 0 rings (SSSR count). The number of aliphatic hydroxyl groups is 1. The lowest BCUT2D eigenvalue weighted by molar-refractivity contribution is -0.161. The van der Waals surface area contributed by atoms with Crippen LogP contribution in [-0.2, 0) is 65.4 Å². The Morgan fingerprint density at radius 3 is 0.747 bits per heavy atom. The first-order chi connectivity index (χ1) is 45.7. The summed E-state index contributed by atoms with van der Waals surface area (Å²) in [6.07, 6.45) is 49.8. The van der Waals surface area contributed by atoms with Crippen LogP contribution in [0.3, 0.4) is 0 Å². The van der Waals surface area contributed by atoms with Gasteiger partial charge in [0, 0.05) is 25.7 Å². The fourth-order valence-electron chi connectivity index (χ4n) is 11.5. The Morgan fingerprint density at radius 2 is 0.505 bits per heavy atom. The van der Waals surface area contributed by atoms with E-state index in [0.29, 0.717) is 25.7 Å². The number of hydrogen-bond donors (Lipinski definition) is 3. The van der Waals surface area contributed by atoms with E-state index in [-0.39, 0.29) is 25.7 Å². The van der Waals surface area contributed by atoms with E-state index in [1.165, 1.54) is 180 Å². The maximum absolute atomic E-state index is 13.1. The molecule has 0 aliphatic heterocycles. The molecular formula is C76H148O17P2. The normalized spacial score (nSPS) is 14.7. The Bertz CT molecular complexity index is 1870. The molecule has 0 aliphatic carbocycles. The molecule has 95 heavy (non-hydrogen) atoms. The van der Waals surface area contributed by atoms with Crippen molar-refractivity contribution in [1.82, 2.24) is 0 Å². The van der Waals surface area contributed by atoms with Crippen molar-refractivity contribution in [2.45, 2.75) is 401 Å². The Morgan fingerprint density at radius 1 is 0.295 bits per heavy atom. The third-order valence-electron chi connectivity index (χ3n) is 18.3. The molecule has 0 fully saturated rings. The Hall–Kier alpha value is -1.94. The van der Waals surface area contributed by atoms with Gasteiger partial charge in [-0.25, -0.2) is 9.13 Å². The summed E-state index contributed by atoms with van der Waals surface area (Å²) < 4.78 is 68.5. The predicted octanol–water partition coefficient (Wildman–Crippen LogP) is 22.0. The number of carbonyl (C=O) groups is 4. The quantitative estimate of drug-likeness (QED) is 0.0222. The topological polar surface area (TPSA) is 237 Å². The van der Waals surface area contributed by atoms with Crippen molar-refractivity contribution in [3.8, 4) is 0 Å². The first-order valence-corrected chi connectivity index (χ1v) is 42.3. The van der Waals surface area contributed by atoms with Crippen LogP contribution in [0.25, 0.3) is 0 Å². The molecule has 3 N–H and O–H groups in total. The fraction of sp³-hybridized carbons (Fsp3) is 0.947. The number of ether oxygens (including phenoxy) is 4. The number of hydrogen-bond acceptors (Lipinski definition) is 15. The molecule has 0 aromatic carbocycles. The van der Waals surface area contributed by atoms with Gasteiger partial charge < -0.3 is 33.8 Å². The van der Waals surface area contributed by atoms with E-state index >= 15 is 0 Å². The number of phosphoric acid groups is 2. The van der Waals surface area contributed by atoms with Crippen LogP contribution in [0, 0.1) is 23.7 Å². The molecule has 0 spiro atoms. The minimum absolute atomic E-state index is 0.106. The maximum atomic E-state index is 13.1. The van der Waals surface area contributed by atoms with Crippen molar-refractivity contribution in [1.29, 1.82) is 0 Å². The molecule has 0 heterocycles. The van der Waals surface area contributed by atoms with Crippen LogP contribution in [0.4, 0.5) is 0 Å². The van der Waals surface area contributed by atoms with Crippen molar-refractivity contribution >= 4 is 39.5 Å². The first kappa shape index (κ1) is 93.1. The van der Waals surface area contributed by atoms with E-state index in [1.54, 1.807) is 0 Å². The van der Waals surface area contributed by atoms with Gasteiger partial charge in [-0.15, -0.1) is 0 Å². The second-order valence-corrected chi connectivity index (χ2v) is 31.7. The number of unbranched alkanes of at least 4 members (excludes halogenated alkanes) is 37. The van der Waals surface area contributed by atoms with Crippen molar-refractivity contribution in [2.75, 3.05) is 39.6 Å². The average molecular weight is 1400 g/mol. The van der Waals surface area contributed by atoms with Gasteiger partial charge in [0.1, 0.15) is 19.3 Å². The van der Waals surface area contributed by atoms with Gasteiger partial charge in [-0.1, -0.05) is 331 Å². The van der Waals surface area contributed by atoms with E-state index in [0.717, 1.165) is 120 Å². The highest BCUT2D eigenvalue weighted by Gasteiger charge is 2.30. The number of phosphoric ester groups is 2. The fourth-order valence-corrected chi connectivity index (χ4v) is 13.1. The first-order valence-electron chi connectivity index (χ1n) is 39.3. The molecule has 0 radical (unpaired) electrons. The molecule has 0 aromatic rings. The van der Waals surface area contributed by atoms with Crippen LogP contribution in [0.15, 0.2) is 0 Å². The Balaban J connectivity index is 5.26. The highest BCUT2D eigenvalue weighted by Crippen LogP contribution is 2.45. The maximum Gasteiger partial charge on any atom is 0.472 e. The Kier molecular flexibility index (Phi) is 64.0. The summed E-state index contributed by atoms with van der Waals surface area (Å²) >= 11 is 0. The molecule has 4 unspecified atom stereocenters. The third kappa shape index (κ3) is 67.6. The van der Waals surface area contributed by atoms with Crippen LogP contribution in [0.2, 0.25) is 0 Å². The van der Waals surface area contributed by atoms with Crippen molar-refractivity contribution in [2.24, 2.45) is 23.7 Å². The van der Waals surface area contributed by atoms with E-state index in [1.807, 2.05) is 0 Å². The standard InChI is InChI=1S/C76H148O17P2/c1-9-68(7)54-46-38-30-24-20-21-27-33-43-51-59-76(81)92-71(62-86-73(78)56-48-40-31-25-19-15-17-23-29-37-45-53-67(5)6)64-90-94(82,83)88-60-70(77)61-89-95(84,85)91-65-72(63-87-74(79)57-49-41-35-34-39-47-55-69(8)10-2)93-75(80)58-50-42-32-26-18-14-12-11-13-16-22-28-36-44-52-66(3)4/h66-72,77H,9-65H2,1-8H3,(H,82,83)(H,84,85)/t68?,69?,70-,71-,72-/m1/s1. The lowest BCUT2D eigenvalue weighted by Crippen LogP contribution is -2.30. The molecule has 0 bridgehead atoms. The summed E-state index contributed by atoms with van der Waals surface area (Å²) in [5.41, 5.74) is 0. The molecule has 0 saturated carbocycles. The molecule has 19 heteroatoms. The average Bonchev–Trinajstić information content (AvgIpc) is 1.37. The van der Waals surface area contributed by atoms with E-state index in [2.05, 4.69) is 55.4 Å². The number of aliphatic hydroxyl groups excluding tert-OH is 1. The van der Waals surface area contributed by atoms with Crippen molar-refractivity contribution in [3.63, 3.8) is 0 Å². The zero-order valence-corrected chi connectivity index (χ0v) is 64.1. The van der Waals surface area contributed by atoms with Gasteiger partial charge in [0.2, 0.25) is 0 Å². The van der Waals surface area contributed by atoms with Crippen LogP contribution < -0.4 is 0 Å². The van der Waals surface area contributed by atoms with Crippen LogP contribution >= 0.6 is 15.6 Å². The minimum atomic E-state index is -4.96. The van der Waals surface area contributed by atoms with Gasteiger partial charge in [-0.05, 0) is 49.4 Å². The third-order valence-corrected chi connectivity index (χ3v) is 20.2. The summed E-state index contributed by atoms with van der Waals surface area (Å²) in [5.74, 6) is 0.979. The SMILES string of the molecule is CCC(C)CCCCCCCCCCCCC(=O)O[C@H](COC(=O)CCCCCCCCCCCCCC(C)C)COP(=O)(O)OC[C@@H](O)COP(=O)(O)OC[C@@H](COC(=O)CCCCCCCCC(C)CC)OC(=O)CCCCCCCCCCCCCCCCC(C)C. The van der Waals surface area contributed by atoms with Crippen LogP contribution in [0.1, 0.15) is 383 Å². The molecular weight excluding hydrogens is 1250 g/mol. The van der Waals surface area contributed by atoms with Gasteiger partial charge in [0.05, 0.1) is 26.4 Å². The highest BCUT2D eigenvalue weighted by molar-refractivity contribution is 7.47. The number of carbonyl (C=O) groups excluding carboxylic acids is 4. The van der Waals surface area contributed by atoms with Crippen LogP contribution in [0.5, 0.6) is 0 Å². The van der Waals surface area contributed by atoms with Gasteiger partial charge in [0.25, 0.3) is 0 Å². The molecule has 0 saturated heterocycles. The Labute approximate surface area is 581 Å². The highest BCUT2D eigenvalue weighted by atomic mass is 31.2. The molecule has 7 atom stereocenters. The van der Waals surface area contributed by atoms with Gasteiger partial charge in [-0.2, -0.15) is 0 Å². The molecule has 0 aromatic heterocycles. The molecule has 0 amide bonds. The monoisotopic (exact) mass is 1400 g/mol. The summed E-state index contributed by atoms with van der Waals surface area (Å²) in [6, 6.07) is 0. The summed E-state index contributed by atoms with van der Waals surface area (Å²) in [5, 5.41) is 10.6. The summed E-state index contributed by atoms with van der Waals surface area (Å²) in [7, 11) is -9.91. The molecule has 564 valence electrons. The van der Waals surface area contributed by atoms with E-state index in [9.17, 15) is 43.2 Å². The number of rotatable bonds is 73. The van der Waals surface area contributed by atoms with E-state index in [4.69, 9.17) is 37.0 Å². The second-order valence-electron chi connectivity index (χ2n) is 28.8. The van der Waals surface area contributed by atoms with Gasteiger partial charge >= 0.3 is 39.5 Å². The lowest BCUT2D eigenvalue weighted by atomic mass is 9.99. The number of esters is 4. The zero-order valence-electron chi connectivity index (χ0n) is 62.3. The summed E-state index contributed by atoms with van der Waals surface area (Å²) in [4.78, 5) is 72.8. The largest absolute Gasteiger partial charge is 0.472 e.